The molecule has 0 saturated carbocycles. The Morgan fingerprint density at radius 3 is 2.40 bits per heavy atom. The molecule has 0 aliphatic rings. The van der Waals surface area contributed by atoms with E-state index >= 15 is 0 Å². The molecule has 1 aromatic heterocycles. The van der Waals surface area contributed by atoms with Crippen molar-refractivity contribution in [2.75, 3.05) is 5.32 Å². The summed E-state index contributed by atoms with van der Waals surface area (Å²) < 4.78 is 5.78. The van der Waals surface area contributed by atoms with Gasteiger partial charge in [-0.3, -0.25) is 4.79 Å². The Morgan fingerprint density at radius 1 is 1.08 bits per heavy atom. The second-order valence-corrected chi connectivity index (χ2v) is 7.34. The van der Waals surface area contributed by atoms with Gasteiger partial charge in [-0.05, 0) is 35.6 Å². The maximum absolute atomic E-state index is 12.5. The summed E-state index contributed by atoms with van der Waals surface area (Å²) in [7, 11) is 0. The SMILES string of the molecule is Cc1c(NCc2ccc(C(C)(C)C)cc2)oc2cccc(O)c2c1=O. The van der Waals surface area contributed by atoms with Crippen LogP contribution in [0.4, 0.5) is 5.88 Å². The Kier molecular flexibility index (Phi) is 4.29. The van der Waals surface area contributed by atoms with Crippen molar-refractivity contribution in [2.45, 2.75) is 39.7 Å². The third-order valence-electron chi connectivity index (χ3n) is 4.40. The van der Waals surface area contributed by atoms with E-state index in [1.807, 2.05) is 0 Å². The first kappa shape index (κ1) is 17.1. The molecule has 2 N–H and O–H groups in total. The summed E-state index contributed by atoms with van der Waals surface area (Å²) in [6.07, 6.45) is 0. The summed E-state index contributed by atoms with van der Waals surface area (Å²) in [5.74, 6) is 0.377. The quantitative estimate of drug-likeness (QED) is 0.726. The van der Waals surface area contributed by atoms with E-state index in [9.17, 15) is 9.90 Å². The van der Waals surface area contributed by atoms with Gasteiger partial charge in [0.1, 0.15) is 16.7 Å². The number of phenols is 1. The van der Waals surface area contributed by atoms with Crippen LogP contribution in [0, 0.1) is 6.92 Å². The Morgan fingerprint density at radius 2 is 1.76 bits per heavy atom. The third-order valence-corrected chi connectivity index (χ3v) is 4.40. The largest absolute Gasteiger partial charge is 0.507 e. The highest BCUT2D eigenvalue weighted by molar-refractivity contribution is 5.84. The molecule has 0 radical (unpaired) electrons. The molecule has 0 unspecified atom stereocenters. The zero-order chi connectivity index (χ0) is 18.2. The molecule has 0 amide bonds. The van der Waals surface area contributed by atoms with Crippen LogP contribution in [0.2, 0.25) is 0 Å². The summed E-state index contributed by atoms with van der Waals surface area (Å²) in [6.45, 7) is 8.80. The number of nitrogens with one attached hydrogen (secondary N) is 1. The van der Waals surface area contributed by atoms with E-state index in [0.29, 0.717) is 23.6 Å². The zero-order valence-corrected chi connectivity index (χ0v) is 15.0. The predicted octanol–water partition coefficient (Wildman–Crippen LogP) is 4.72. The average Bonchev–Trinajstić information content (AvgIpc) is 2.56. The molecular weight excluding hydrogens is 314 g/mol. The molecule has 25 heavy (non-hydrogen) atoms. The number of hydrogen-bond acceptors (Lipinski definition) is 4. The van der Waals surface area contributed by atoms with Gasteiger partial charge in [-0.25, -0.2) is 0 Å². The fraction of sp³-hybridized carbons (Fsp3) is 0.286. The molecule has 2 aromatic carbocycles. The topological polar surface area (TPSA) is 62.5 Å². The summed E-state index contributed by atoms with van der Waals surface area (Å²) in [5.41, 5.74) is 3.12. The van der Waals surface area contributed by atoms with E-state index in [1.165, 1.54) is 11.6 Å². The normalized spacial score (nSPS) is 11.7. The maximum atomic E-state index is 12.5. The average molecular weight is 337 g/mol. The first-order valence-electron chi connectivity index (χ1n) is 8.36. The van der Waals surface area contributed by atoms with Crippen molar-refractivity contribution in [3.63, 3.8) is 0 Å². The minimum Gasteiger partial charge on any atom is -0.507 e. The lowest BCUT2D eigenvalue weighted by Crippen LogP contribution is -2.12. The summed E-state index contributed by atoms with van der Waals surface area (Å²) in [5, 5.41) is 13.3. The van der Waals surface area contributed by atoms with Crippen LogP contribution in [0.25, 0.3) is 11.0 Å². The van der Waals surface area contributed by atoms with Gasteiger partial charge < -0.3 is 14.8 Å². The van der Waals surface area contributed by atoms with Gasteiger partial charge in [-0.1, -0.05) is 51.1 Å². The van der Waals surface area contributed by atoms with Gasteiger partial charge in [0.05, 0.1) is 5.56 Å². The van der Waals surface area contributed by atoms with Gasteiger partial charge in [0.25, 0.3) is 0 Å². The molecule has 0 spiro atoms. The van der Waals surface area contributed by atoms with Crippen molar-refractivity contribution in [1.29, 1.82) is 0 Å². The molecule has 0 atom stereocenters. The van der Waals surface area contributed by atoms with E-state index in [1.54, 1.807) is 19.1 Å². The van der Waals surface area contributed by atoms with E-state index in [-0.39, 0.29) is 22.0 Å². The lowest BCUT2D eigenvalue weighted by Gasteiger charge is -2.19. The predicted molar refractivity (Wildman–Crippen MR) is 101 cm³/mol. The van der Waals surface area contributed by atoms with E-state index < -0.39 is 0 Å². The molecule has 0 aliphatic heterocycles. The standard InChI is InChI=1S/C21H23NO3/c1-13-19(24)18-16(23)6-5-7-17(18)25-20(13)22-12-14-8-10-15(11-9-14)21(2,3)4/h5-11,22-23H,12H2,1-4H3. The number of rotatable bonds is 3. The monoisotopic (exact) mass is 337 g/mol. The van der Waals surface area contributed by atoms with E-state index in [2.05, 4.69) is 50.4 Å². The van der Waals surface area contributed by atoms with Crippen molar-refractivity contribution in [3.8, 4) is 5.75 Å². The third kappa shape index (κ3) is 3.38. The highest BCUT2D eigenvalue weighted by Crippen LogP contribution is 2.26. The number of benzene rings is 2. The molecule has 3 aromatic rings. The highest BCUT2D eigenvalue weighted by atomic mass is 16.3. The number of aromatic hydroxyl groups is 1. The second-order valence-electron chi connectivity index (χ2n) is 7.34. The Labute approximate surface area is 147 Å². The van der Waals surface area contributed by atoms with Gasteiger partial charge in [0.15, 0.2) is 0 Å². The van der Waals surface area contributed by atoms with Crippen LogP contribution in [0.15, 0.2) is 51.7 Å². The minimum absolute atomic E-state index is 0.0568. The summed E-state index contributed by atoms with van der Waals surface area (Å²) in [4.78, 5) is 12.5. The first-order chi connectivity index (χ1) is 11.8. The number of hydrogen-bond donors (Lipinski definition) is 2. The van der Waals surface area contributed by atoms with E-state index in [4.69, 9.17) is 4.42 Å². The van der Waals surface area contributed by atoms with Crippen LogP contribution in [0.1, 0.15) is 37.5 Å². The van der Waals surface area contributed by atoms with Crippen LogP contribution in [0.3, 0.4) is 0 Å². The van der Waals surface area contributed by atoms with Gasteiger partial charge in [0.2, 0.25) is 11.3 Å². The van der Waals surface area contributed by atoms with Gasteiger partial charge >= 0.3 is 0 Å². The molecule has 0 fully saturated rings. The summed E-state index contributed by atoms with van der Waals surface area (Å²) >= 11 is 0. The van der Waals surface area contributed by atoms with Gasteiger partial charge in [-0.15, -0.1) is 0 Å². The maximum Gasteiger partial charge on any atom is 0.201 e. The molecule has 130 valence electrons. The first-order valence-corrected chi connectivity index (χ1v) is 8.36. The lowest BCUT2D eigenvalue weighted by molar-refractivity contribution is 0.479. The van der Waals surface area contributed by atoms with Crippen molar-refractivity contribution in [1.82, 2.24) is 0 Å². The fourth-order valence-electron chi connectivity index (χ4n) is 2.78. The van der Waals surface area contributed by atoms with Crippen LogP contribution in [-0.4, -0.2) is 5.11 Å². The van der Waals surface area contributed by atoms with Crippen LogP contribution < -0.4 is 10.7 Å². The summed E-state index contributed by atoms with van der Waals surface area (Å²) in [6, 6.07) is 13.2. The molecule has 3 rings (SSSR count). The molecule has 0 saturated heterocycles. The number of anilines is 1. The highest BCUT2D eigenvalue weighted by Gasteiger charge is 2.14. The number of fused-ring (bicyclic) bond motifs is 1. The molecule has 0 aliphatic carbocycles. The Bertz CT molecular complexity index is 963. The van der Waals surface area contributed by atoms with Crippen molar-refractivity contribution >= 4 is 16.9 Å². The van der Waals surface area contributed by atoms with Crippen LogP contribution in [-0.2, 0) is 12.0 Å². The van der Waals surface area contributed by atoms with Crippen molar-refractivity contribution in [3.05, 3.63) is 69.4 Å². The van der Waals surface area contributed by atoms with Crippen molar-refractivity contribution in [2.24, 2.45) is 0 Å². The van der Waals surface area contributed by atoms with E-state index in [0.717, 1.165) is 5.56 Å². The zero-order valence-electron chi connectivity index (χ0n) is 15.0. The Hall–Kier alpha value is -2.75. The Balaban J connectivity index is 1.86. The molecule has 1 heterocycles. The minimum atomic E-state index is -0.218. The molecule has 0 bridgehead atoms. The van der Waals surface area contributed by atoms with Crippen molar-refractivity contribution < 1.29 is 9.52 Å². The fourth-order valence-corrected chi connectivity index (χ4v) is 2.78. The molecule has 4 nitrogen and oxygen atoms in total. The van der Waals surface area contributed by atoms with Gasteiger partial charge in [0, 0.05) is 6.54 Å². The second kappa shape index (κ2) is 6.28. The number of phenolic OH excluding ortho intramolecular Hbond substituents is 1. The van der Waals surface area contributed by atoms with Gasteiger partial charge in [-0.2, -0.15) is 0 Å². The molecular formula is C21H23NO3. The molecule has 4 heteroatoms. The smallest absolute Gasteiger partial charge is 0.201 e. The lowest BCUT2D eigenvalue weighted by atomic mass is 9.87. The van der Waals surface area contributed by atoms with Crippen LogP contribution >= 0.6 is 0 Å². The van der Waals surface area contributed by atoms with Crippen LogP contribution in [0.5, 0.6) is 5.75 Å².